The van der Waals surface area contributed by atoms with E-state index in [9.17, 15) is 0 Å². The van der Waals surface area contributed by atoms with Gasteiger partial charge in [-0.1, -0.05) is 34.8 Å². The van der Waals surface area contributed by atoms with Gasteiger partial charge in [-0.15, -0.1) is 5.23 Å². The highest BCUT2D eigenvalue weighted by Crippen LogP contribution is 2.37. The highest BCUT2D eigenvalue weighted by molar-refractivity contribution is 6.46. The van der Waals surface area contributed by atoms with Crippen molar-refractivity contribution in [3.05, 3.63) is 15.3 Å². The first-order valence-corrected chi connectivity index (χ1v) is 3.57. The van der Waals surface area contributed by atoms with E-state index < -0.39 is 0 Å². The van der Waals surface area contributed by atoms with Crippen molar-refractivity contribution in [2.24, 2.45) is 0 Å². The van der Waals surface area contributed by atoms with Crippen LogP contribution in [0.5, 0.6) is 0 Å². The van der Waals surface area contributed by atoms with Crippen LogP contribution in [0.25, 0.3) is 0 Å². The van der Waals surface area contributed by atoms with Crippen LogP contribution in [0.4, 0.5) is 5.69 Å². The Morgan fingerprint density at radius 1 is 1.09 bits per heavy atom. The smallest absolute Gasteiger partial charge is 0.151 e. The average molecular weight is 217 g/mol. The maximum absolute atomic E-state index is 8.54. The Bertz CT molecular complexity index is 273. The number of halogens is 3. The van der Waals surface area contributed by atoms with Crippen molar-refractivity contribution in [1.82, 2.24) is 4.98 Å². The highest BCUT2D eigenvalue weighted by Gasteiger charge is 2.17. The number of nitrogens with zero attached hydrogens (tertiary/aromatic N) is 1. The third-order valence-electron chi connectivity index (χ3n) is 1.03. The van der Waals surface area contributed by atoms with Gasteiger partial charge >= 0.3 is 0 Å². The summed E-state index contributed by atoms with van der Waals surface area (Å²) in [5.41, 5.74) is -0.168. The predicted molar refractivity (Wildman–Crippen MR) is 41.9 cm³/mol. The first kappa shape index (κ1) is 8.96. The molecular formula is C4H3Cl3N2O2. The topological polar surface area (TPSA) is 59.5 Å². The predicted octanol–water partition coefficient (Wildman–Crippen LogP) is 2.56. The molecule has 0 aromatic carbocycles. The summed E-state index contributed by atoms with van der Waals surface area (Å²) >= 11 is 16.4. The molecule has 0 bridgehead atoms. The van der Waals surface area contributed by atoms with Crippen LogP contribution < -0.4 is 5.23 Å². The molecule has 0 saturated carbocycles. The summed E-state index contributed by atoms with van der Waals surface area (Å²) in [6, 6.07) is 0. The van der Waals surface area contributed by atoms with E-state index in [1.165, 1.54) is 0 Å². The van der Waals surface area contributed by atoms with Crippen LogP contribution in [0.2, 0.25) is 15.3 Å². The molecule has 1 rings (SSSR count). The summed E-state index contributed by atoms with van der Waals surface area (Å²) in [5.74, 6) is 0. The molecule has 1 aromatic rings. The standard InChI is InChI=1S/C4H3Cl3N2O2/c5-1-2(9(10)11)4(7)8-3(1)6/h8,10-11H. The minimum Gasteiger partial charge on any atom is -0.333 e. The van der Waals surface area contributed by atoms with Gasteiger partial charge in [0.15, 0.2) is 5.69 Å². The van der Waals surface area contributed by atoms with Crippen LogP contribution in [0.15, 0.2) is 0 Å². The number of aromatic nitrogens is 1. The van der Waals surface area contributed by atoms with Gasteiger partial charge < -0.3 is 4.98 Å². The molecular weight excluding hydrogens is 214 g/mol. The molecule has 0 radical (unpaired) electrons. The number of H-pyrrole nitrogens is 1. The summed E-state index contributed by atoms with van der Waals surface area (Å²) in [7, 11) is 0. The zero-order valence-corrected chi connectivity index (χ0v) is 7.24. The van der Waals surface area contributed by atoms with E-state index in [2.05, 4.69) is 4.98 Å². The first-order valence-electron chi connectivity index (χ1n) is 2.44. The normalized spacial score (nSPS) is 10.3. The molecule has 3 N–H and O–H groups in total. The summed E-state index contributed by atoms with van der Waals surface area (Å²) in [4.78, 5) is 2.39. The molecule has 0 spiro atoms. The Balaban J connectivity index is 3.22. The van der Waals surface area contributed by atoms with E-state index in [1.54, 1.807) is 0 Å². The lowest BCUT2D eigenvalue weighted by Crippen LogP contribution is -2.10. The van der Waals surface area contributed by atoms with Gasteiger partial charge in [-0.2, -0.15) is 0 Å². The zero-order chi connectivity index (χ0) is 8.59. The Hall–Kier alpha value is -0.130. The van der Waals surface area contributed by atoms with Crippen molar-refractivity contribution in [2.45, 2.75) is 0 Å². The lowest BCUT2D eigenvalue weighted by molar-refractivity contribution is 0.0294. The molecule has 0 atom stereocenters. The summed E-state index contributed by atoms with van der Waals surface area (Å²) in [6.45, 7) is 0. The molecule has 0 unspecified atom stereocenters. The van der Waals surface area contributed by atoms with Crippen LogP contribution in [0.3, 0.4) is 0 Å². The number of rotatable bonds is 1. The number of anilines is 1. The molecule has 0 saturated heterocycles. The van der Waals surface area contributed by atoms with E-state index in [1.807, 2.05) is 0 Å². The third-order valence-corrected chi connectivity index (χ3v) is 2.05. The SMILES string of the molecule is ON(O)c1c(Cl)[nH]c(Cl)c1Cl. The third kappa shape index (κ3) is 1.55. The van der Waals surface area contributed by atoms with Crippen LogP contribution in [0, 0.1) is 0 Å². The Morgan fingerprint density at radius 2 is 1.64 bits per heavy atom. The van der Waals surface area contributed by atoms with Crippen LogP contribution >= 0.6 is 34.8 Å². The fourth-order valence-electron chi connectivity index (χ4n) is 0.586. The van der Waals surface area contributed by atoms with Crippen molar-refractivity contribution >= 4 is 40.5 Å². The van der Waals surface area contributed by atoms with E-state index >= 15 is 0 Å². The van der Waals surface area contributed by atoms with Crippen molar-refractivity contribution in [3.8, 4) is 0 Å². The van der Waals surface area contributed by atoms with Gasteiger partial charge in [-0.25, -0.2) is 0 Å². The van der Waals surface area contributed by atoms with Crippen LogP contribution in [-0.2, 0) is 0 Å². The molecule has 0 aliphatic carbocycles. The van der Waals surface area contributed by atoms with E-state index in [0.717, 1.165) is 0 Å². The molecule has 1 aromatic heterocycles. The van der Waals surface area contributed by atoms with E-state index in [4.69, 9.17) is 45.2 Å². The Kier molecular flexibility index (Phi) is 2.51. The minimum absolute atomic E-state index is 0.0370. The molecule has 11 heavy (non-hydrogen) atoms. The highest BCUT2D eigenvalue weighted by atomic mass is 35.5. The molecule has 1 heterocycles. The first-order chi connectivity index (χ1) is 5.04. The molecule has 7 heteroatoms. The number of nitrogens with one attached hydrogen (secondary N) is 1. The largest absolute Gasteiger partial charge is 0.333 e. The lowest BCUT2D eigenvalue weighted by atomic mass is 10.5. The molecule has 4 nitrogen and oxygen atoms in total. The Labute approximate surface area is 76.8 Å². The average Bonchev–Trinajstić information content (AvgIpc) is 2.07. The molecule has 0 fully saturated rings. The lowest BCUT2D eigenvalue weighted by Gasteiger charge is -2.05. The molecule has 0 aliphatic rings. The van der Waals surface area contributed by atoms with Crippen LogP contribution in [0.1, 0.15) is 0 Å². The summed E-state index contributed by atoms with van der Waals surface area (Å²) in [6.07, 6.45) is 0. The number of hydrogen-bond acceptors (Lipinski definition) is 3. The second kappa shape index (κ2) is 3.08. The van der Waals surface area contributed by atoms with E-state index in [-0.39, 0.29) is 26.2 Å². The van der Waals surface area contributed by atoms with Crippen LogP contribution in [-0.4, -0.2) is 15.4 Å². The molecule has 0 aliphatic heterocycles. The van der Waals surface area contributed by atoms with Gasteiger partial charge in [0.2, 0.25) is 0 Å². The van der Waals surface area contributed by atoms with E-state index in [0.29, 0.717) is 0 Å². The van der Waals surface area contributed by atoms with Crippen molar-refractivity contribution < 1.29 is 10.4 Å². The summed E-state index contributed by atoms with van der Waals surface area (Å²) < 4.78 is 0. The van der Waals surface area contributed by atoms with Gasteiger partial charge in [0.25, 0.3) is 0 Å². The maximum Gasteiger partial charge on any atom is 0.151 e. The second-order valence-electron chi connectivity index (χ2n) is 1.70. The van der Waals surface area contributed by atoms with Gasteiger partial charge in [-0.3, -0.25) is 10.4 Å². The fourth-order valence-corrected chi connectivity index (χ4v) is 1.35. The fraction of sp³-hybridized carbons (Fsp3) is 0. The molecule has 0 amide bonds. The zero-order valence-electron chi connectivity index (χ0n) is 4.98. The van der Waals surface area contributed by atoms with Gasteiger partial charge in [0, 0.05) is 0 Å². The number of hydrogen-bond donors (Lipinski definition) is 3. The molecule has 62 valence electrons. The number of aromatic amines is 1. The van der Waals surface area contributed by atoms with Gasteiger partial charge in [0.1, 0.15) is 15.3 Å². The maximum atomic E-state index is 8.54. The van der Waals surface area contributed by atoms with Crippen molar-refractivity contribution in [1.29, 1.82) is 0 Å². The van der Waals surface area contributed by atoms with Crippen molar-refractivity contribution in [3.63, 3.8) is 0 Å². The summed E-state index contributed by atoms with van der Waals surface area (Å²) in [5, 5.41) is 16.9. The second-order valence-corrected chi connectivity index (χ2v) is 2.84. The van der Waals surface area contributed by atoms with Gasteiger partial charge in [0.05, 0.1) is 0 Å². The monoisotopic (exact) mass is 216 g/mol. The minimum atomic E-state index is -0.201. The van der Waals surface area contributed by atoms with Crippen molar-refractivity contribution in [2.75, 3.05) is 5.23 Å². The Morgan fingerprint density at radius 3 is 1.82 bits per heavy atom. The van der Waals surface area contributed by atoms with Gasteiger partial charge in [-0.05, 0) is 0 Å². The quantitative estimate of drug-likeness (QED) is 0.634.